The number of amides is 2. The molecule has 0 radical (unpaired) electrons. The number of carbonyl (C=O) groups is 2. The number of hydrogen-bond acceptors (Lipinski definition) is 4. The van der Waals surface area contributed by atoms with Gasteiger partial charge in [0.05, 0.1) is 20.4 Å². The highest BCUT2D eigenvalue weighted by Crippen LogP contribution is 2.38. The third-order valence-electron chi connectivity index (χ3n) is 4.95. The molecule has 1 aliphatic heterocycles. The number of rotatable bonds is 6. The van der Waals surface area contributed by atoms with Gasteiger partial charge in [0.1, 0.15) is 12.4 Å². The second-order valence-corrected chi connectivity index (χ2v) is 10.6. The van der Waals surface area contributed by atoms with E-state index in [-0.39, 0.29) is 17.7 Å². The summed E-state index contributed by atoms with van der Waals surface area (Å²) in [4.78, 5) is 26.9. The first-order valence-corrected chi connectivity index (χ1v) is 12.8. The standard InChI is InChI=1S/C25H18Br2ClNO3S/c1-15-2-4-17(5-3-15)14-32-23-20(26)10-18(11-21(23)27)12-22-24(30)29(25(31)33-22)13-16-6-8-19(28)9-7-16/h2-12H,13-14H2,1H3/b22-12-. The van der Waals surface area contributed by atoms with Gasteiger partial charge in [0.25, 0.3) is 11.1 Å². The van der Waals surface area contributed by atoms with Gasteiger partial charge in [-0.3, -0.25) is 14.5 Å². The lowest BCUT2D eigenvalue weighted by atomic mass is 10.1. The van der Waals surface area contributed by atoms with Crippen molar-refractivity contribution in [3.63, 3.8) is 0 Å². The van der Waals surface area contributed by atoms with Gasteiger partial charge in [-0.25, -0.2) is 0 Å². The van der Waals surface area contributed by atoms with Crippen molar-refractivity contribution >= 4 is 72.4 Å². The van der Waals surface area contributed by atoms with E-state index in [2.05, 4.69) is 31.9 Å². The topological polar surface area (TPSA) is 46.6 Å². The van der Waals surface area contributed by atoms with E-state index < -0.39 is 0 Å². The molecule has 3 aromatic rings. The summed E-state index contributed by atoms with van der Waals surface area (Å²) in [7, 11) is 0. The van der Waals surface area contributed by atoms with Gasteiger partial charge >= 0.3 is 0 Å². The van der Waals surface area contributed by atoms with Gasteiger partial charge in [-0.1, -0.05) is 53.6 Å². The number of aryl methyl sites for hydroxylation is 1. The molecule has 0 unspecified atom stereocenters. The van der Waals surface area contributed by atoms with Crippen molar-refractivity contribution in [1.29, 1.82) is 0 Å². The van der Waals surface area contributed by atoms with Crippen LogP contribution in [0.1, 0.15) is 22.3 Å². The van der Waals surface area contributed by atoms with E-state index >= 15 is 0 Å². The molecule has 1 fully saturated rings. The van der Waals surface area contributed by atoms with Crippen LogP contribution in [0, 0.1) is 6.92 Å². The number of imide groups is 1. The predicted octanol–water partition coefficient (Wildman–Crippen LogP) is 7.99. The van der Waals surface area contributed by atoms with Crippen molar-refractivity contribution in [3.05, 3.63) is 102 Å². The molecule has 0 saturated carbocycles. The molecule has 1 saturated heterocycles. The molecule has 168 valence electrons. The number of carbonyl (C=O) groups excluding carboxylic acids is 2. The fourth-order valence-electron chi connectivity index (χ4n) is 3.20. The van der Waals surface area contributed by atoms with Gasteiger partial charge in [-0.05, 0) is 97.6 Å². The highest BCUT2D eigenvalue weighted by Gasteiger charge is 2.35. The zero-order valence-corrected chi connectivity index (χ0v) is 22.2. The molecule has 2 amide bonds. The van der Waals surface area contributed by atoms with Crippen LogP contribution in [0.25, 0.3) is 6.08 Å². The molecule has 0 spiro atoms. The lowest BCUT2D eigenvalue weighted by Crippen LogP contribution is -2.27. The number of hydrogen-bond donors (Lipinski definition) is 0. The molecule has 4 nitrogen and oxygen atoms in total. The first kappa shape index (κ1) is 24.1. The van der Waals surface area contributed by atoms with Crippen LogP contribution in [0.2, 0.25) is 5.02 Å². The van der Waals surface area contributed by atoms with Gasteiger partial charge < -0.3 is 4.74 Å². The van der Waals surface area contributed by atoms with Crippen LogP contribution >= 0.6 is 55.2 Å². The smallest absolute Gasteiger partial charge is 0.293 e. The molecule has 1 aliphatic rings. The van der Waals surface area contributed by atoms with Crippen molar-refractivity contribution < 1.29 is 14.3 Å². The molecule has 0 aromatic heterocycles. The Kier molecular flexibility index (Phi) is 7.64. The second kappa shape index (κ2) is 10.5. The van der Waals surface area contributed by atoms with E-state index in [9.17, 15) is 9.59 Å². The zero-order chi connectivity index (χ0) is 23.5. The monoisotopic (exact) mass is 605 g/mol. The van der Waals surface area contributed by atoms with Gasteiger partial charge in [-0.15, -0.1) is 0 Å². The second-order valence-electron chi connectivity index (χ2n) is 7.48. The average molecular weight is 608 g/mol. The van der Waals surface area contributed by atoms with Crippen LogP contribution in [-0.4, -0.2) is 16.0 Å². The van der Waals surface area contributed by atoms with Crippen LogP contribution in [0.15, 0.2) is 74.5 Å². The molecular formula is C25H18Br2ClNO3S. The van der Waals surface area contributed by atoms with Crippen molar-refractivity contribution in [3.8, 4) is 5.75 Å². The third-order valence-corrected chi connectivity index (χ3v) is 7.29. The molecule has 0 bridgehead atoms. The Morgan fingerprint density at radius 1 is 0.970 bits per heavy atom. The lowest BCUT2D eigenvalue weighted by molar-refractivity contribution is -0.123. The summed E-state index contributed by atoms with van der Waals surface area (Å²) in [5.41, 5.74) is 3.87. The maximum absolute atomic E-state index is 12.9. The van der Waals surface area contributed by atoms with Crippen molar-refractivity contribution in [2.24, 2.45) is 0 Å². The summed E-state index contributed by atoms with van der Waals surface area (Å²) in [6.45, 7) is 2.68. The van der Waals surface area contributed by atoms with Gasteiger partial charge in [0, 0.05) is 5.02 Å². The van der Waals surface area contributed by atoms with E-state index in [0.29, 0.717) is 22.3 Å². The van der Waals surface area contributed by atoms with Crippen molar-refractivity contribution in [1.82, 2.24) is 4.90 Å². The molecule has 0 aliphatic carbocycles. The van der Waals surface area contributed by atoms with Crippen LogP contribution in [0.4, 0.5) is 4.79 Å². The summed E-state index contributed by atoms with van der Waals surface area (Å²) in [5.74, 6) is 0.357. The van der Waals surface area contributed by atoms with E-state index in [1.54, 1.807) is 30.3 Å². The van der Waals surface area contributed by atoms with E-state index in [4.69, 9.17) is 16.3 Å². The Balaban J connectivity index is 1.49. The lowest BCUT2D eigenvalue weighted by Gasteiger charge is -2.13. The van der Waals surface area contributed by atoms with E-state index in [1.165, 1.54) is 10.5 Å². The van der Waals surface area contributed by atoms with Crippen molar-refractivity contribution in [2.45, 2.75) is 20.1 Å². The summed E-state index contributed by atoms with van der Waals surface area (Å²) >= 11 is 14.0. The first-order valence-electron chi connectivity index (χ1n) is 9.97. The summed E-state index contributed by atoms with van der Waals surface area (Å²) in [5, 5.41) is 0.313. The average Bonchev–Trinajstić information content (AvgIpc) is 3.03. The van der Waals surface area contributed by atoms with Crippen LogP contribution in [0.5, 0.6) is 5.75 Å². The highest BCUT2D eigenvalue weighted by atomic mass is 79.9. The molecule has 0 atom stereocenters. The minimum absolute atomic E-state index is 0.207. The number of ether oxygens (including phenoxy) is 1. The fraction of sp³-hybridized carbons (Fsp3) is 0.120. The van der Waals surface area contributed by atoms with Gasteiger partial charge in [0.15, 0.2) is 0 Å². The number of halogens is 3. The van der Waals surface area contributed by atoms with Crippen molar-refractivity contribution in [2.75, 3.05) is 0 Å². The molecule has 8 heteroatoms. The molecule has 4 rings (SSSR count). The molecule has 3 aromatic carbocycles. The molecule has 1 heterocycles. The predicted molar refractivity (Wildman–Crippen MR) is 140 cm³/mol. The van der Waals surface area contributed by atoms with Gasteiger partial charge in [-0.2, -0.15) is 0 Å². The largest absolute Gasteiger partial charge is 0.487 e. The molecule has 33 heavy (non-hydrogen) atoms. The Bertz CT molecular complexity index is 1220. The maximum atomic E-state index is 12.9. The first-order chi connectivity index (χ1) is 15.8. The highest BCUT2D eigenvalue weighted by molar-refractivity contribution is 9.11. The normalized spacial score (nSPS) is 14.9. The Labute approximate surface area is 218 Å². The Hall–Kier alpha value is -2.06. The Morgan fingerprint density at radius 2 is 1.58 bits per heavy atom. The van der Waals surface area contributed by atoms with Gasteiger partial charge in [0.2, 0.25) is 0 Å². The number of nitrogens with zero attached hydrogens (tertiary/aromatic N) is 1. The minimum atomic E-state index is -0.313. The van der Waals surface area contributed by atoms with Crippen LogP contribution < -0.4 is 4.74 Å². The fourth-order valence-corrected chi connectivity index (χ4v) is 5.62. The quantitative estimate of drug-likeness (QED) is 0.267. The van der Waals surface area contributed by atoms with E-state index in [1.807, 2.05) is 43.3 Å². The number of thioether (sulfide) groups is 1. The summed E-state index contributed by atoms with van der Waals surface area (Å²) in [6.07, 6.45) is 1.71. The maximum Gasteiger partial charge on any atom is 0.293 e. The molecule has 0 N–H and O–H groups in total. The SMILES string of the molecule is Cc1ccc(COc2c(Br)cc(/C=C3\SC(=O)N(Cc4ccc(Cl)cc4)C3=O)cc2Br)cc1. The zero-order valence-electron chi connectivity index (χ0n) is 17.5. The third kappa shape index (κ3) is 5.90. The minimum Gasteiger partial charge on any atom is -0.487 e. The van der Waals surface area contributed by atoms with Crippen LogP contribution in [-0.2, 0) is 17.9 Å². The Morgan fingerprint density at radius 3 is 2.21 bits per heavy atom. The number of benzene rings is 3. The van der Waals surface area contributed by atoms with Crippen LogP contribution in [0.3, 0.4) is 0 Å². The summed E-state index contributed by atoms with van der Waals surface area (Å²) in [6, 6.07) is 19.0. The molecular weight excluding hydrogens is 590 g/mol. The van der Waals surface area contributed by atoms with E-state index in [0.717, 1.165) is 37.4 Å². The summed E-state index contributed by atoms with van der Waals surface area (Å²) < 4.78 is 7.48.